The van der Waals surface area contributed by atoms with Crippen molar-refractivity contribution in [3.63, 3.8) is 0 Å². The van der Waals surface area contributed by atoms with Crippen molar-refractivity contribution < 1.29 is 9.53 Å². The highest BCUT2D eigenvalue weighted by molar-refractivity contribution is 8.01. The fourth-order valence-corrected chi connectivity index (χ4v) is 3.44. The van der Waals surface area contributed by atoms with E-state index < -0.39 is 0 Å². The van der Waals surface area contributed by atoms with E-state index >= 15 is 0 Å². The molecule has 1 saturated carbocycles. The van der Waals surface area contributed by atoms with Crippen LogP contribution in [0.1, 0.15) is 19.8 Å². The molecular weight excluding hydrogens is 310 g/mol. The van der Waals surface area contributed by atoms with Gasteiger partial charge in [-0.1, -0.05) is 25.1 Å². The lowest BCUT2D eigenvalue weighted by molar-refractivity contribution is -0.144. The van der Waals surface area contributed by atoms with Gasteiger partial charge in [-0.05, 0) is 25.0 Å². The summed E-state index contributed by atoms with van der Waals surface area (Å²) in [4.78, 5) is 16.9. The Labute approximate surface area is 142 Å². The van der Waals surface area contributed by atoms with E-state index in [9.17, 15) is 4.79 Å². The first-order chi connectivity index (χ1) is 11.1. The van der Waals surface area contributed by atoms with E-state index in [-0.39, 0.29) is 16.6 Å². The molecule has 0 amide bonds. The van der Waals surface area contributed by atoms with Gasteiger partial charge in [0.15, 0.2) is 5.96 Å². The molecule has 2 rings (SSSR count). The molecule has 0 heterocycles. The molecular formula is C17H25N3O2S. The zero-order valence-corrected chi connectivity index (χ0v) is 14.8. The second kappa shape index (κ2) is 8.24. The lowest BCUT2D eigenvalue weighted by Crippen LogP contribution is -2.43. The summed E-state index contributed by atoms with van der Waals surface area (Å²) < 4.78 is 4.98. The predicted molar refractivity (Wildman–Crippen MR) is 94.8 cm³/mol. The molecule has 0 saturated heterocycles. The van der Waals surface area contributed by atoms with Crippen LogP contribution in [0.25, 0.3) is 0 Å². The SMILES string of the molecule is CN=C(NCC(C)C(=O)OC)NCC1(Sc2ccccc2)CC1. The Morgan fingerprint density at radius 2 is 2.04 bits per heavy atom. The van der Waals surface area contributed by atoms with Gasteiger partial charge in [0, 0.05) is 29.8 Å². The molecule has 126 valence electrons. The van der Waals surface area contributed by atoms with E-state index in [0.717, 1.165) is 12.5 Å². The third-order valence-electron chi connectivity index (χ3n) is 3.87. The van der Waals surface area contributed by atoms with Gasteiger partial charge < -0.3 is 15.4 Å². The first kappa shape index (κ1) is 17.7. The number of ether oxygens (including phenoxy) is 1. The average Bonchev–Trinajstić information content (AvgIpc) is 3.34. The van der Waals surface area contributed by atoms with Gasteiger partial charge in [-0.25, -0.2) is 0 Å². The summed E-state index contributed by atoms with van der Waals surface area (Å²) in [6.45, 7) is 3.20. The van der Waals surface area contributed by atoms with Gasteiger partial charge in [0.25, 0.3) is 0 Å². The van der Waals surface area contributed by atoms with Crippen LogP contribution in [0.5, 0.6) is 0 Å². The molecule has 1 aromatic carbocycles. The van der Waals surface area contributed by atoms with Crippen molar-refractivity contribution in [1.29, 1.82) is 0 Å². The minimum Gasteiger partial charge on any atom is -0.469 e. The van der Waals surface area contributed by atoms with Crippen LogP contribution in [0.3, 0.4) is 0 Å². The molecule has 6 heteroatoms. The summed E-state index contributed by atoms with van der Waals surface area (Å²) in [5, 5.41) is 6.55. The molecule has 0 radical (unpaired) electrons. The third kappa shape index (κ3) is 5.46. The summed E-state index contributed by atoms with van der Waals surface area (Å²) in [6.07, 6.45) is 2.41. The largest absolute Gasteiger partial charge is 0.469 e. The summed E-state index contributed by atoms with van der Waals surface area (Å²) in [7, 11) is 3.14. The summed E-state index contributed by atoms with van der Waals surface area (Å²) in [5.74, 6) is 0.305. The number of esters is 1. The van der Waals surface area contributed by atoms with Crippen molar-refractivity contribution in [1.82, 2.24) is 10.6 Å². The zero-order valence-electron chi connectivity index (χ0n) is 14.0. The molecule has 1 aliphatic rings. The van der Waals surface area contributed by atoms with Gasteiger partial charge in [0.1, 0.15) is 0 Å². The molecule has 5 nitrogen and oxygen atoms in total. The fraction of sp³-hybridized carbons (Fsp3) is 0.529. The Morgan fingerprint density at radius 3 is 2.61 bits per heavy atom. The lowest BCUT2D eigenvalue weighted by atomic mass is 10.2. The first-order valence-electron chi connectivity index (χ1n) is 7.85. The number of carbonyl (C=O) groups excluding carboxylic acids is 1. The molecule has 0 spiro atoms. The predicted octanol–water partition coefficient (Wildman–Crippen LogP) is 2.29. The molecule has 2 N–H and O–H groups in total. The van der Waals surface area contributed by atoms with Crippen LogP contribution in [0, 0.1) is 5.92 Å². The van der Waals surface area contributed by atoms with Gasteiger partial charge >= 0.3 is 5.97 Å². The van der Waals surface area contributed by atoms with Crippen LogP contribution in [0.15, 0.2) is 40.2 Å². The molecule has 0 aromatic heterocycles. The number of hydrogen-bond donors (Lipinski definition) is 2. The number of hydrogen-bond acceptors (Lipinski definition) is 4. The fourth-order valence-electron chi connectivity index (χ4n) is 2.19. The minimum absolute atomic E-state index is 0.202. The maximum Gasteiger partial charge on any atom is 0.310 e. The van der Waals surface area contributed by atoms with Crippen LogP contribution in [-0.2, 0) is 9.53 Å². The van der Waals surface area contributed by atoms with E-state index in [1.807, 2.05) is 24.8 Å². The Morgan fingerprint density at radius 1 is 1.35 bits per heavy atom. The number of methoxy groups -OCH3 is 1. The van der Waals surface area contributed by atoms with Gasteiger partial charge in [0.05, 0.1) is 13.0 Å². The molecule has 1 aromatic rings. The van der Waals surface area contributed by atoms with Crippen molar-refractivity contribution in [2.75, 3.05) is 27.2 Å². The van der Waals surface area contributed by atoms with Crippen LogP contribution < -0.4 is 10.6 Å². The quantitative estimate of drug-likeness (QED) is 0.455. The van der Waals surface area contributed by atoms with Gasteiger partial charge in [-0.2, -0.15) is 0 Å². The highest BCUT2D eigenvalue weighted by atomic mass is 32.2. The normalized spacial score (nSPS) is 17.3. The second-order valence-corrected chi connectivity index (χ2v) is 7.37. The van der Waals surface area contributed by atoms with Crippen molar-refractivity contribution in [3.8, 4) is 0 Å². The third-order valence-corrected chi connectivity index (χ3v) is 5.36. The van der Waals surface area contributed by atoms with Gasteiger partial charge in [-0.15, -0.1) is 11.8 Å². The summed E-state index contributed by atoms with van der Waals surface area (Å²) >= 11 is 1.92. The van der Waals surface area contributed by atoms with Crippen LogP contribution in [0.2, 0.25) is 0 Å². The van der Waals surface area contributed by atoms with Crippen LogP contribution >= 0.6 is 11.8 Å². The number of carbonyl (C=O) groups is 1. The Bertz CT molecular complexity index is 544. The maximum absolute atomic E-state index is 11.4. The molecule has 0 bridgehead atoms. The van der Waals surface area contributed by atoms with E-state index in [1.165, 1.54) is 24.8 Å². The maximum atomic E-state index is 11.4. The summed E-state index contributed by atoms with van der Waals surface area (Å²) in [6, 6.07) is 10.5. The van der Waals surface area contributed by atoms with E-state index in [4.69, 9.17) is 4.74 Å². The second-order valence-electron chi connectivity index (χ2n) is 5.83. The highest BCUT2D eigenvalue weighted by Gasteiger charge is 2.43. The molecule has 1 aliphatic carbocycles. The van der Waals surface area contributed by atoms with Crippen molar-refractivity contribution in [2.24, 2.45) is 10.9 Å². The lowest BCUT2D eigenvalue weighted by Gasteiger charge is -2.19. The van der Waals surface area contributed by atoms with Crippen molar-refractivity contribution in [3.05, 3.63) is 30.3 Å². The number of rotatable bonds is 7. The molecule has 1 unspecified atom stereocenters. The average molecular weight is 335 g/mol. The number of thioether (sulfide) groups is 1. The molecule has 0 aliphatic heterocycles. The van der Waals surface area contributed by atoms with Gasteiger partial charge in [0.2, 0.25) is 0 Å². The molecule has 1 fully saturated rings. The highest BCUT2D eigenvalue weighted by Crippen LogP contribution is 2.51. The number of benzene rings is 1. The van der Waals surface area contributed by atoms with Crippen molar-refractivity contribution in [2.45, 2.75) is 29.4 Å². The van der Waals surface area contributed by atoms with Crippen molar-refractivity contribution >= 4 is 23.7 Å². The molecule has 23 heavy (non-hydrogen) atoms. The monoisotopic (exact) mass is 335 g/mol. The smallest absolute Gasteiger partial charge is 0.310 e. The first-order valence-corrected chi connectivity index (χ1v) is 8.66. The Hall–Kier alpha value is -1.69. The number of nitrogens with zero attached hydrogens (tertiary/aromatic N) is 1. The van der Waals surface area contributed by atoms with Gasteiger partial charge in [-0.3, -0.25) is 9.79 Å². The van der Waals surface area contributed by atoms with Crippen LogP contribution in [-0.4, -0.2) is 43.9 Å². The number of aliphatic imine (C=N–C) groups is 1. The molecule has 1 atom stereocenters. The number of guanidine groups is 1. The topological polar surface area (TPSA) is 62.7 Å². The van der Waals surface area contributed by atoms with E-state index in [2.05, 4.69) is 39.9 Å². The standard InChI is InChI=1S/C17H25N3O2S/c1-13(15(21)22-3)11-19-16(18-2)20-12-17(9-10-17)23-14-7-5-4-6-8-14/h4-8,13H,9-12H2,1-3H3,(H2,18,19,20). The Kier molecular flexibility index (Phi) is 6.33. The van der Waals surface area contributed by atoms with E-state index in [0.29, 0.717) is 6.54 Å². The Balaban J connectivity index is 1.78. The number of nitrogens with one attached hydrogen (secondary N) is 2. The zero-order chi connectivity index (χ0) is 16.7. The van der Waals surface area contributed by atoms with E-state index in [1.54, 1.807) is 7.05 Å². The minimum atomic E-state index is -0.216. The van der Waals surface area contributed by atoms with Crippen LogP contribution in [0.4, 0.5) is 0 Å². The summed E-state index contributed by atoms with van der Waals surface area (Å²) in [5.41, 5.74) is 0.